The fraction of sp³-hybridized carbons (Fsp3) is 0.0833. The molecule has 2 aromatic carbocycles. The van der Waals surface area contributed by atoms with Gasteiger partial charge in [0.15, 0.2) is 0 Å². The van der Waals surface area contributed by atoms with Crippen LogP contribution in [-0.2, 0) is 6.61 Å². The Bertz CT molecular complexity index is 1270. The molecule has 0 aliphatic heterocycles. The van der Waals surface area contributed by atoms with Crippen LogP contribution in [0.1, 0.15) is 21.6 Å². The Morgan fingerprint density at radius 1 is 1.13 bits per heavy atom. The highest BCUT2D eigenvalue weighted by Gasteiger charge is 2.16. The minimum absolute atomic E-state index is 0.104. The maximum absolute atomic E-state index is 13.3. The van der Waals surface area contributed by atoms with Gasteiger partial charge >= 0.3 is 5.97 Å². The second-order valence-corrected chi connectivity index (χ2v) is 7.36. The van der Waals surface area contributed by atoms with Gasteiger partial charge in [-0.25, -0.2) is 9.18 Å². The van der Waals surface area contributed by atoms with Crippen molar-refractivity contribution in [2.75, 3.05) is 0 Å². The topological polar surface area (TPSA) is 64.4 Å². The summed E-state index contributed by atoms with van der Waals surface area (Å²) in [5.74, 6) is -0.829. The average molecular weight is 437 g/mol. The number of pyridine rings is 1. The van der Waals surface area contributed by atoms with Crippen LogP contribution in [0.5, 0.6) is 5.75 Å². The molecule has 0 atom stereocenters. The second kappa shape index (κ2) is 8.62. The van der Waals surface area contributed by atoms with Gasteiger partial charge in [-0.05, 0) is 49.4 Å². The van der Waals surface area contributed by atoms with Gasteiger partial charge in [0.05, 0.1) is 28.2 Å². The Balaban J connectivity index is 1.72. The van der Waals surface area contributed by atoms with E-state index in [1.165, 1.54) is 18.3 Å². The number of aryl methyl sites for hydroxylation is 1. The summed E-state index contributed by atoms with van der Waals surface area (Å²) in [4.78, 5) is 15.5. The lowest BCUT2D eigenvalue weighted by Gasteiger charge is -2.16. The first kappa shape index (κ1) is 20.6. The third-order valence-corrected chi connectivity index (χ3v) is 5.22. The summed E-state index contributed by atoms with van der Waals surface area (Å²) in [7, 11) is 0. The zero-order valence-electron chi connectivity index (χ0n) is 16.5. The Kier molecular flexibility index (Phi) is 5.73. The van der Waals surface area contributed by atoms with Gasteiger partial charge in [0.2, 0.25) is 0 Å². The molecule has 0 saturated carbocycles. The van der Waals surface area contributed by atoms with Crippen molar-refractivity contribution in [1.29, 1.82) is 0 Å². The van der Waals surface area contributed by atoms with Crippen LogP contribution in [0.2, 0.25) is 5.02 Å². The fourth-order valence-electron chi connectivity index (χ4n) is 3.36. The van der Waals surface area contributed by atoms with Crippen molar-refractivity contribution in [2.24, 2.45) is 0 Å². The number of halogens is 2. The number of para-hydroxylation sites is 1. The van der Waals surface area contributed by atoms with E-state index in [2.05, 4.69) is 4.98 Å². The Morgan fingerprint density at radius 3 is 2.71 bits per heavy atom. The number of hydrogen-bond acceptors (Lipinski definition) is 3. The number of carbonyl (C=O) groups is 1. The minimum atomic E-state index is -1.04. The highest BCUT2D eigenvalue weighted by molar-refractivity contribution is 6.31. The molecule has 4 aromatic rings. The van der Waals surface area contributed by atoms with Gasteiger partial charge in [0.1, 0.15) is 18.2 Å². The molecule has 0 bridgehead atoms. The number of aromatic nitrogens is 2. The van der Waals surface area contributed by atoms with E-state index in [-0.39, 0.29) is 12.2 Å². The van der Waals surface area contributed by atoms with Gasteiger partial charge in [-0.2, -0.15) is 0 Å². The molecular formula is C24H18ClFN2O3. The van der Waals surface area contributed by atoms with Crippen LogP contribution in [0, 0.1) is 12.7 Å². The Labute approximate surface area is 183 Å². The first-order valence-electron chi connectivity index (χ1n) is 9.47. The third kappa shape index (κ3) is 4.29. The fourth-order valence-corrected chi connectivity index (χ4v) is 3.58. The minimum Gasteiger partial charge on any atom is -0.488 e. The maximum atomic E-state index is 13.3. The van der Waals surface area contributed by atoms with Crippen LogP contribution < -0.4 is 4.74 Å². The lowest BCUT2D eigenvalue weighted by atomic mass is 10.1. The van der Waals surface area contributed by atoms with E-state index < -0.39 is 11.8 Å². The molecule has 2 heterocycles. The van der Waals surface area contributed by atoms with Crippen LogP contribution in [-0.4, -0.2) is 20.6 Å². The van der Waals surface area contributed by atoms with Gasteiger partial charge in [-0.1, -0.05) is 29.8 Å². The number of aromatic carboxylic acids is 1. The zero-order chi connectivity index (χ0) is 22.0. The normalized spacial score (nSPS) is 10.8. The van der Waals surface area contributed by atoms with Gasteiger partial charge in [0, 0.05) is 23.0 Å². The number of carboxylic acids is 1. The molecule has 156 valence electrons. The lowest BCUT2D eigenvalue weighted by molar-refractivity contribution is 0.0696. The summed E-state index contributed by atoms with van der Waals surface area (Å²) in [6, 6.07) is 17.2. The SMILES string of the molecule is Cc1ccc(-c2ccccc2OCc2ccc(F)cc2Cl)n1-c1cncc(C(=O)O)c1. The molecule has 0 aliphatic rings. The molecule has 4 rings (SSSR count). The smallest absolute Gasteiger partial charge is 0.337 e. The number of rotatable bonds is 6. The molecule has 7 heteroatoms. The standard InChI is InChI=1S/C24H18ClFN2O3/c1-15-6-9-22(28(15)19-10-17(24(29)30)12-27-13-19)20-4-2-3-5-23(20)31-14-16-7-8-18(26)11-21(16)25/h2-13H,14H2,1H3,(H,29,30). The zero-order valence-corrected chi connectivity index (χ0v) is 17.3. The number of ether oxygens (including phenoxy) is 1. The van der Waals surface area contributed by atoms with Crippen LogP contribution in [0.15, 0.2) is 73.1 Å². The highest BCUT2D eigenvalue weighted by Crippen LogP contribution is 2.34. The van der Waals surface area contributed by atoms with E-state index in [0.29, 0.717) is 22.0 Å². The molecule has 2 aromatic heterocycles. The van der Waals surface area contributed by atoms with Crippen molar-refractivity contribution in [3.8, 4) is 22.7 Å². The van der Waals surface area contributed by atoms with Crippen LogP contribution >= 0.6 is 11.6 Å². The predicted octanol–water partition coefficient (Wildman–Crippen LogP) is 5.92. The van der Waals surface area contributed by atoms with E-state index >= 15 is 0 Å². The summed E-state index contributed by atoms with van der Waals surface area (Å²) in [6.07, 6.45) is 2.93. The largest absolute Gasteiger partial charge is 0.488 e. The summed E-state index contributed by atoms with van der Waals surface area (Å²) >= 11 is 6.12. The molecule has 0 spiro atoms. The summed E-state index contributed by atoms with van der Waals surface area (Å²) in [6.45, 7) is 2.10. The van der Waals surface area contributed by atoms with Crippen LogP contribution in [0.25, 0.3) is 16.9 Å². The van der Waals surface area contributed by atoms with E-state index in [9.17, 15) is 14.3 Å². The van der Waals surface area contributed by atoms with E-state index in [1.807, 2.05) is 47.9 Å². The van der Waals surface area contributed by atoms with Crippen LogP contribution in [0.3, 0.4) is 0 Å². The van der Waals surface area contributed by atoms with Crippen molar-refractivity contribution in [3.05, 3.63) is 101 Å². The quantitative estimate of drug-likeness (QED) is 0.407. The first-order chi connectivity index (χ1) is 14.9. The Morgan fingerprint density at radius 2 is 1.94 bits per heavy atom. The molecule has 0 amide bonds. The molecule has 0 radical (unpaired) electrons. The molecule has 5 nitrogen and oxygen atoms in total. The molecule has 1 N–H and O–H groups in total. The number of benzene rings is 2. The van der Waals surface area contributed by atoms with E-state index in [4.69, 9.17) is 16.3 Å². The molecule has 0 saturated heterocycles. The van der Waals surface area contributed by atoms with Gasteiger partial charge < -0.3 is 14.4 Å². The van der Waals surface area contributed by atoms with Gasteiger partial charge in [-0.15, -0.1) is 0 Å². The lowest BCUT2D eigenvalue weighted by Crippen LogP contribution is -2.04. The second-order valence-electron chi connectivity index (χ2n) is 6.95. The monoisotopic (exact) mass is 436 g/mol. The predicted molar refractivity (Wildman–Crippen MR) is 116 cm³/mol. The van der Waals surface area contributed by atoms with Gasteiger partial charge in [-0.3, -0.25) is 4.98 Å². The van der Waals surface area contributed by atoms with E-state index in [0.717, 1.165) is 17.0 Å². The van der Waals surface area contributed by atoms with Crippen LogP contribution in [0.4, 0.5) is 4.39 Å². The van der Waals surface area contributed by atoms with E-state index in [1.54, 1.807) is 18.3 Å². The van der Waals surface area contributed by atoms with Crippen molar-refractivity contribution >= 4 is 17.6 Å². The average Bonchev–Trinajstić information content (AvgIpc) is 3.14. The number of nitrogens with zero attached hydrogens (tertiary/aromatic N) is 2. The molecular weight excluding hydrogens is 419 g/mol. The highest BCUT2D eigenvalue weighted by atomic mass is 35.5. The number of hydrogen-bond donors (Lipinski definition) is 1. The number of carboxylic acid groups (broad SMARTS) is 1. The van der Waals surface area contributed by atoms with Crippen molar-refractivity contribution in [3.63, 3.8) is 0 Å². The Hall–Kier alpha value is -3.64. The summed E-state index contributed by atoms with van der Waals surface area (Å²) < 4.78 is 21.3. The summed E-state index contributed by atoms with van der Waals surface area (Å²) in [5.41, 5.74) is 3.96. The first-order valence-corrected chi connectivity index (χ1v) is 9.85. The third-order valence-electron chi connectivity index (χ3n) is 4.87. The molecule has 31 heavy (non-hydrogen) atoms. The van der Waals surface area contributed by atoms with Crippen molar-refractivity contribution in [1.82, 2.24) is 9.55 Å². The summed E-state index contributed by atoms with van der Waals surface area (Å²) in [5, 5.41) is 9.62. The van der Waals surface area contributed by atoms with Crippen molar-refractivity contribution in [2.45, 2.75) is 13.5 Å². The van der Waals surface area contributed by atoms with Gasteiger partial charge in [0.25, 0.3) is 0 Å². The molecule has 0 fully saturated rings. The molecule has 0 aliphatic carbocycles. The molecule has 0 unspecified atom stereocenters. The van der Waals surface area contributed by atoms with Crippen molar-refractivity contribution < 1.29 is 19.0 Å². The maximum Gasteiger partial charge on any atom is 0.337 e.